The van der Waals surface area contributed by atoms with Crippen molar-refractivity contribution in [2.75, 3.05) is 5.75 Å². The largest absolute Gasteiger partial charge is 0.350 e. The zero-order valence-electron chi connectivity index (χ0n) is 18.5. The molecule has 31 heavy (non-hydrogen) atoms. The Hall–Kier alpha value is -1.69. The van der Waals surface area contributed by atoms with Crippen molar-refractivity contribution >= 4 is 46.8 Å². The summed E-state index contributed by atoms with van der Waals surface area (Å²) < 4.78 is 0. The van der Waals surface area contributed by atoms with Crippen LogP contribution < -0.4 is 5.32 Å². The lowest BCUT2D eigenvalue weighted by molar-refractivity contribution is -0.140. The molecule has 2 aromatic carbocycles. The van der Waals surface area contributed by atoms with Crippen LogP contribution in [0.3, 0.4) is 0 Å². The van der Waals surface area contributed by atoms with Crippen molar-refractivity contribution in [2.45, 2.75) is 58.0 Å². The van der Waals surface area contributed by atoms with Gasteiger partial charge in [0.2, 0.25) is 11.8 Å². The Morgan fingerprint density at radius 2 is 1.81 bits per heavy atom. The Morgan fingerprint density at radius 3 is 2.42 bits per heavy atom. The fraction of sp³-hybridized carbons (Fsp3) is 0.417. The smallest absolute Gasteiger partial charge is 0.243 e. The zero-order valence-corrected chi connectivity index (χ0v) is 20.8. The molecule has 0 heterocycles. The number of benzene rings is 2. The molecule has 168 valence electrons. The van der Waals surface area contributed by atoms with Crippen LogP contribution in [0.5, 0.6) is 0 Å². The number of halogens is 2. The maximum Gasteiger partial charge on any atom is 0.243 e. The van der Waals surface area contributed by atoms with Crippen LogP contribution in [0.4, 0.5) is 0 Å². The van der Waals surface area contributed by atoms with Gasteiger partial charge in [-0.25, -0.2) is 0 Å². The Morgan fingerprint density at radius 1 is 1.10 bits per heavy atom. The van der Waals surface area contributed by atoms with Gasteiger partial charge in [0, 0.05) is 27.9 Å². The molecule has 0 aliphatic heterocycles. The maximum absolute atomic E-state index is 13.2. The molecule has 2 rings (SSSR count). The van der Waals surface area contributed by atoms with Crippen molar-refractivity contribution in [2.24, 2.45) is 0 Å². The normalized spacial score (nSPS) is 12.3. The van der Waals surface area contributed by atoms with E-state index in [2.05, 4.69) is 5.32 Å². The third-order valence-corrected chi connectivity index (χ3v) is 6.16. The summed E-state index contributed by atoms with van der Waals surface area (Å²) in [6.45, 7) is 7.99. The second-order valence-electron chi connectivity index (χ2n) is 8.40. The minimum atomic E-state index is -0.574. The van der Waals surface area contributed by atoms with E-state index in [9.17, 15) is 9.59 Å². The van der Waals surface area contributed by atoms with Gasteiger partial charge in [0.15, 0.2) is 0 Å². The third kappa shape index (κ3) is 8.40. The minimum absolute atomic E-state index is 0.0946. The number of carbonyl (C=O) groups excluding carboxylic acids is 2. The monoisotopic (exact) mass is 480 g/mol. The van der Waals surface area contributed by atoms with Crippen molar-refractivity contribution in [3.8, 4) is 0 Å². The average molecular weight is 481 g/mol. The van der Waals surface area contributed by atoms with Crippen molar-refractivity contribution in [1.82, 2.24) is 10.2 Å². The predicted octanol–water partition coefficient (Wildman–Crippen LogP) is 5.95. The molecule has 0 fully saturated rings. The fourth-order valence-electron chi connectivity index (χ4n) is 3.15. The lowest BCUT2D eigenvalue weighted by Gasteiger charge is -2.33. The highest BCUT2D eigenvalue weighted by molar-refractivity contribution is 7.99. The molecule has 0 saturated heterocycles. The Bertz CT molecular complexity index is 899. The van der Waals surface area contributed by atoms with E-state index in [1.54, 1.807) is 11.0 Å². The van der Waals surface area contributed by atoms with E-state index < -0.39 is 6.04 Å². The summed E-state index contributed by atoms with van der Waals surface area (Å²) in [6, 6.07) is 14.4. The highest BCUT2D eigenvalue weighted by Gasteiger charge is 2.30. The molecule has 0 aliphatic carbocycles. The van der Waals surface area contributed by atoms with Crippen molar-refractivity contribution < 1.29 is 9.59 Å². The molecule has 1 unspecified atom stereocenters. The second kappa shape index (κ2) is 11.8. The van der Waals surface area contributed by atoms with Gasteiger partial charge < -0.3 is 10.2 Å². The maximum atomic E-state index is 13.2. The molecule has 2 amide bonds. The van der Waals surface area contributed by atoms with Crippen LogP contribution in [-0.2, 0) is 21.9 Å². The number of hydrogen-bond acceptors (Lipinski definition) is 3. The number of hydrogen-bond donors (Lipinski definition) is 1. The quantitative estimate of drug-likeness (QED) is 0.482. The van der Waals surface area contributed by atoms with E-state index >= 15 is 0 Å². The topological polar surface area (TPSA) is 49.4 Å². The van der Waals surface area contributed by atoms with E-state index in [0.717, 1.165) is 11.1 Å². The lowest BCUT2D eigenvalue weighted by Crippen LogP contribution is -2.53. The van der Waals surface area contributed by atoms with Crippen LogP contribution in [0.1, 0.15) is 45.2 Å². The van der Waals surface area contributed by atoms with Crippen molar-refractivity contribution in [1.29, 1.82) is 0 Å². The van der Waals surface area contributed by atoms with Gasteiger partial charge in [0.1, 0.15) is 6.04 Å². The molecule has 0 radical (unpaired) electrons. The van der Waals surface area contributed by atoms with Crippen LogP contribution >= 0.6 is 35.0 Å². The van der Waals surface area contributed by atoms with Crippen molar-refractivity contribution in [3.05, 3.63) is 69.7 Å². The standard InChI is InChI=1S/C24H30Cl2N2O2S/c1-5-21(23(30)27-24(2,3)4)28(14-18-10-6-7-12-20(18)26)22(29)16-31-15-17-9-8-11-19(25)13-17/h6-13,21H,5,14-16H2,1-4H3,(H,27,30). The molecule has 0 spiro atoms. The van der Waals surface area contributed by atoms with E-state index in [-0.39, 0.29) is 29.7 Å². The van der Waals surface area contributed by atoms with Crippen LogP contribution in [0, 0.1) is 0 Å². The Kier molecular flexibility index (Phi) is 9.73. The summed E-state index contributed by atoms with van der Waals surface area (Å²) in [7, 11) is 0. The summed E-state index contributed by atoms with van der Waals surface area (Å²) in [4.78, 5) is 27.9. The van der Waals surface area contributed by atoms with Gasteiger partial charge >= 0.3 is 0 Å². The number of carbonyl (C=O) groups is 2. The Labute approximate surface area is 199 Å². The van der Waals surface area contributed by atoms with Gasteiger partial charge in [-0.2, -0.15) is 0 Å². The van der Waals surface area contributed by atoms with E-state index in [1.165, 1.54) is 11.8 Å². The lowest BCUT2D eigenvalue weighted by atomic mass is 10.1. The molecular weight excluding hydrogens is 451 g/mol. The first-order valence-corrected chi connectivity index (χ1v) is 12.2. The van der Waals surface area contributed by atoms with Crippen LogP contribution in [0.25, 0.3) is 0 Å². The van der Waals surface area contributed by atoms with Gasteiger partial charge in [0.25, 0.3) is 0 Å². The average Bonchev–Trinajstić information content (AvgIpc) is 2.68. The summed E-state index contributed by atoms with van der Waals surface area (Å²) in [6.07, 6.45) is 0.511. The molecule has 1 N–H and O–H groups in total. The van der Waals surface area contributed by atoms with Gasteiger partial charge in [-0.3, -0.25) is 9.59 Å². The SMILES string of the molecule is CCC(C(=O)NC(C)(C)C)N(Cc1ccccc1Cl)C(=O)CSCc1cccc(Cl)c1. The van der Waals surface area contributed by atoms with Crippen LogP contribution in [0.2, 0.25) is 10.0 Å². The van der Waals surface area contributed by atoms with E-state index in [1.807, 2.05) is 70.2 Å². The van der Waals surface area contributed by atoms with Crippen LogP contribution in [-0.4, -0.2) is 34.0 Å². The molecule has 0 bridgehead atoms. The first kappa shape index (κ1) is 25.6. The van der Waals surface area contributed by atoms with E-state index in [0.29, 0.717) is 22.2 Å². The van der Waals surface area contributed by atoms with Gasteiger partial charge in [-0.1, -0.05) is 60.5 Å². The highest BCUT2D eigenvalue weighted by Crippen LogP contribution is 2.22. The molecule has 1 atom stereocenters. The summed E-state index contributed by atoms with van der Waals surface area (Å²) in [5, 5.41) is 4.26. The molecule has 0 saturated carbocycles. The van der Waals surface area contributed by atoms with Crippen molar-refractivity contribution in [3.63, 3.8) is 0 Å². The summed E-state index contributed by atoms with van der Waals surface area (Å²) in [5.41, 5.74) is 1.49. The van der Waals surface area contributed by atoms with Gasteiger partial charge in [-0.05, 0) is 56.5 Å². The third-order valence-electron chi connectivity index (χ3n) is 4.57. The number of nitrogens with zero attached hydrogens (tertiary/aromatic N) is 1. The summed E-state index contributed by atoms with van der Waals surface area (Å²) in [5.74, 6) is 0.672. The summed E-state index contributed by atoms with van der Waals surface area (Å²) >= 11 is 13.9. The van der Waals surface area contributed by atoms with Gasteiger partial charge in [-0.15, -0.1) is 11.8 Å². The van der Waals surface area contributed by atoms with Crippen LogP contribution in [0.15, 0.2) is 48.5 Å². The van der Waals surface area contributed by atoms with Gasteiger partial charge in [0.05, 0.1) is 5.75 Å². The number of amides is 2. The molecule has 4 nitrogen and oxygen atoms in total. The first-order chi connectivity index (χ1) is 14.6. The predicted molar refractivity (Wildman–Crippen MR) is 132 cm³/mol. The molecular formula is C24H30Cl2N2O2S. The Balaban J connectivity index is 2.17. The highest BCUT2D eigenvalue weighted by atomic mass is 35.5. The first-order valence-electron chi connectivity index (χ1n) is 10.3. The number of nitrogens with one attached hydrogen (secondary N) is 1. The molecule has 7 heteroatoms. The molecule has 0 aromatic heterocycles. The molecule has 0 aliphatic rings. The fourth-order valence-corrected chi connectivity index (χ4v) is 4.41. The number of rotatable bonds is 9. The second-order valence-corrected chi connectivity index (χ2v) is 10.2. The zero-order chi connectivity index (χ0) is 23.0. The number of thioether (sulfide) groups is 1. The molecule has 2 aromatic rings. The van der Waals surface area contributed by atoms with E-state index in [4.69, 9.17) is 23.2 Å². The minimum Gasteiger partial charge on any atom is -0.350 e.